The van der Waals surface area contributed by atoms with Crippen LogP contribution in [0, 0.1) is 0 Å². The van der Waals surface area contributed by atoms with Gasteiger partial charge in [-0.05, 0) is 17.7 Å². The molecular weight excluding hydrogens is 238 g/mol. The van der Waals surface area contributed by atoms with E-state index in [0.29, 0.717) is 5.82 Å². The highest BCUT2D eigenvalue weighted by Gasteiger charge is 2.08. The van der Waals surface area contributed by atoms with E-state index in [4.69, 9.17) is 0 Å². The van der Waals surface area contributed by atoms with E-state index in [1.807, 2.05) is 36.1 Å². The summed E-state index contributed by atoms with van der Waals surface area (Å²) in [5.41, 5.74) is 1.00. The summed E-state index contributed by atoms with van der Waals surface area (Å²) in [4.78, 5) is 1.70. The molecule has 0 spiro atoms. The lowest BCUT2D eigenvalue weighted by atomic mass is 10.2. The Hall–Kier alpha value is -1.78. The van der Waals surface area contributed by atoms with Gasteiger partial charge in [0, 0.05) is 6.07 Å². The first-order valence-corrected chi connectivity index (χ1v) is 7.03. The molecule has 2 aromatic heterocycles. The van der Waals surface area contributed by atoms with Crippen molar-refractivity contribution in [3.05, 3.63) is 24.5 Å². The monoisotopic (exact) mass is 260 g/mol. The van der Waals surface area contributed by atoms with Crippen LogP contribution in [0.2, 0.25) is 0 Å². The molecule has 2 heterocycles. The van der Waals surface area contributed by atoms with Crippen molar-refractivity contribution in [2.75, 3.05) is 0 Å². The van der Waals surface area contributed by atoms with Gasteiger partial charge in [-0.15, -0.1) is 10.2 Å². The lowest BCUT2D eigenvalue weighted by Gasteiger charge is -1.98. The molecule has 0 N–H and O–H groups in total. The Morgan fingerprint density at radius 1 is 1.21 bits per heavy atom. The summed E-state index contributed by atoms with van der Waals surface area (Å²) in [7, 11) is 1.99. The predicted octanol–water partition coefficient (Wildman–Crippen LogP) is 2.13. The zero-order valence-corrected chi connectivity index (χ0v) is 11.8. The van der Waals surface area contributed by atoms with Crippen molar-refractivity contribution < 1.29 is 4.57 Å². The molecule has 0 unspecified atom stereocenters. The van der Waals surface area contributed by atoms with Crippen molar-refractivity contribution >= 4 is 0 Å². The van der Waals surface area contributed by atoms with Gasteiger partial charge in [0.15, 0.2) is 12.4 Å². The molecule has 0 aliphatic heterocycles. The van der Waals surface area contributed by atoms with E-state index >= 15 is 0 Å². The number of aromatic nitrogens is 5. The van der Waals surface area contributed by atoms with E-state index in [9.17, 15) is 0 Å². The molecule has 0 aliphatic carbocycles. The lowest BCUT2D eigenvalue weighted by molar-refractivity contribution is -0.671. The third-order valence-electron chi connectivity index (χ3n) is 3.11. The average Bonchev–Trinajstić information content (AvgIpc) is 2.87. The Balaban J connectivity index is 1.88. The Morgan fingerprint density at radius 2 is 2.05 bits per heavy atom. The van der Waals surface area contributed by atoms with E-state index < -0.39 is 0 Å². The van der Waals surface area contributed by atoms with Gasteiger partial charge in [-0.2, -0.15) is 4.80 Å². The van der Waals surface area contributed by atoms with Crippen LogP contribution in [0.4, 0.5) is 0 Å². The summed E-state index contributed by atoms with van der Waals surface area (Å²) in [6, 6.07) is 3.99. The van der Waals surface area contributed by atoms with Crippen LogP contribution >= 0.6 is 0 Å². The summed E-state index contributed by atoms with van der Waals surface area (Å²) in [6.07, 6.45) is 10.2. The molecule has 0 radical (unpaired) electrons. The first kappa shape index (κ1) is 13.6. The van der Waals surface area contributed by atoms with E-state index in [1.165, 1.54) is 25.7 Å². The second-order valence-electron chi connectivity index (χ2n) is 4.88. The van der Waals surface area contributed by atoms with Gasteiger partial charge in [0.2, 0.25) is 5.82 Å². The number of unbranched alkanes of at least 4 members (excludes halogenated alkanes) is 4. The van der Waals surface area contributed by atoms with Crippen molar-refractivity contribution in [2.45, 2.75) is 45.6 Å². The molecule has 102 valence electrons. The van der Waals surface area contributed by atoms with Crippen LogP contribution in [0.25, 0.3) is 11.4 Å². The fraction of sp³-hybridized carbons (Fsp3) is 0.571. The van der Waals surface area contributed by atoms with E-state index in [2.05, 4.69) is 22.3 Å². The number of tetrazole rings is 1. The normalized spacial score (nSPS) is 10.8. The maximum absolute atomic E-state index is 4.42. The summed E-state index contributed by atoms with van der Waals surface area (Å²) in [6.45, 7) is 3.08. The molecule has 0 atom stereocenters. The summed E-state index contributed by atoms with van der Waals surface area (Å²) in [5.74, 6) is 0.699. The van der Waals surface area contributed by atoms with Crippen LogP contribution in [0.5, 0.6) is 0 Å². The molecule has 0 aromatic carbocycles. The zero-order chi connectivity index (χ0) is 13.5. The predicted molar refractivity (Wildman–Crippen MR) is 73.2 cm³/mol. The first-order valence-electron chi connectivity index (χ1n) is 7.03. The maximum Gasteiger partial charge on any atom is 0.210 e. The second-order valence-corrected chi connectivity index (χ2v) is 4.88. The molecule has 0 aliphatic rings. The number of hydrogen-bond acceptors (Lipinski definition) is 3. The van der Waals surface area contributed by atoms with Gasteiger partial charge in [0.1, 0.15) is 7.05 Å². The Morgan fingerprint density at radius 3 is 2.84 bits per heavy atom. The molecule has 19 heavy (non-hydrogen) atoms. The van der Waals surface area contributed by atoms with Crippen molar-refractivity contribution in [3.63, 3.8) is 0 Å². The highest BCUT2D eigenvalue weighted by atomic mass is 15.6. The van der Waals surface area contributed by atoms with Crippen molar-refractivity contribution in [1.29, 1.82) is 0 Å². The third-order valence-corrected chi connectivity index (χ3v) is 3.11. The van der Waals surface area contributed by atoms with Crippen LogP contribution in [0.15, 0.2) is 24.5 Å². The molecule has 0 amide bonds. The Labute approximate surface area is 114 Å². The zero-order valence-electron chi connectivity index (χ0n) is 11.8. The summed E-state index contributed by atoms with van der Waals surface area (Å²) < 4.78 is 1.99. The molecule has 0 saturated carbocycles. The van der Waals surface area contributed by atoms with Crippen LogP contribution in [-0.4, -0.2) is 20.2 Å². The minimum atomic E-state index is 0.699. The maximum atomic E-state index is 4.42. The van der Waals surface area contributed by atoms with Gasteiger partial charge in [-0.1, -0.05) is 32.6 Å². The molecule has 2 rings (SSSR count). The highest BCUT2D eigenvalue weighted by molar-refractivity contribution is 5.50. The summed E-state index contributed by atoms with van der Waals surface area (Å²) in [5, 5.41) is 12.6. The molecule has 5 heteroatoms. The first-order chi connectivity index (χ1) is 9.29. The van der Waals surface area contributed by atoms with Gasteiger partial charge in [-0.25, -0.2) is 4.57 Å². The average molecular weight is 260 g/mol. The molecule has 2 aromatic rings. The molecule has 0 saturated heterocycles. The smallest absolute Gasteiger partial charge is 0.207 e. The number of aryl methyl sites for hydroxylation is 2. The second kappa shape index (κ2) is 6.97. The van der Waals surface area contributed by atoms with Gasteiger partial charge in [0.25, 0.3) is 0 Å². The minimum absolute atomic E-state index is 0.699. The van der Waals surface area contributed by atoms with E-state index in [0.717, 1.165) is 18.5 Å². The standard InChI is InChI=1S/C14H22N5/c1-3-4-5-6-7-11-19-16-14(15-17-19)13-9-8-10-18(2)12-13/h8-10,12H,3-7,11H2,1-2H3/q+1. The molecule has 0 fully saturated rings. The topological polar surface area (TPSA) is 47.5 Å². The van der Waals surface area contributed by atoms with Gasteiger partial charge < -0.3 is 0 Å². The van der Waals surface area contributed by atoms with Gasteiger partial charge in [-0.3, -0.25) is 0 Å². The van der Waals surface area contributed by atoms with Gasteiger partial charge >= 0.3 is 0 Å². The van der Waals surface area contributed by atoms with Crippen LogP contribution in [0.3, 0.4) is 0 Å². The van der Waals surface area contributed by atoms with Crippen LogP contribution in [-0.2, 0) is 13.6 Å². The van der Waals surface area contributed by atoms with Crippen LogP contribution in [0.1, 0.15) is 39.0 Å². The van der Waals surface area contributed by atoms with Crippen molar-refractivity contribution in [1.82, 2.24) is 20.2 Å². The Kier molecular flexibility index (Phi) is 5.01. The number of nitrogens with zero attached hydrogens (tertiary/aromatic N) is 5. The van der Waals surface area contributed by atoms with Crippen molar-refractivity contribution in [3.8, 4) is 11.4 Å². The number of pyridine rings is 1. The number of rotatable bonds is 7. The van der Waals surface area contributed by atoms with E-state index in [-0.39, 0.29) is 0 Å². The number of hydrogen-bond donors (Lipinski definition) is 0. The molecule has 5 nitrogen and oxygen atoms in total. The fourth-order valence-electron chi connectivity index (χ4n) is 2.03. The fourth-order valence-corrected chi connectivity index (χ4v) is 2.03. The highest BCUT2D eigenvalue weighted by Crippen LogP contribution is 2.10. The van der Waals surface area contributed by atoms with Gasteiger partial charge in [0.05, 0.1) is 12.1 Å². The Bertz CT molecular complexity index is 506. The molecular formula is C14H22N5+. The van der Waals surface area contributed by atoms with Crippen molar-refractivity contribution in [2.24, 2.45) is 7.05 Å². The van der Waals surface area contributed by atoms with Crippen LogP contribution < -0.4 is 4.57 Å². The SMILES string of the molecule is CCCCCCCn1nnc(-c2ccc[n+](C)c2)n1. The largest absolute Gasteiger partial charge is 0.210 e. The minimum Gasteiger partial charge on any atom is -0.207 e. The third kappa shape index (κ3) is 4.12. The molecule has 0 bridgehead atoms. The quantitative estimate of drug-likeness (QED) is 0.566. The summed E-state index contributed by atoms with van der Waals surface area (Å²) >= 11 is 0. The van der Waals surface area contributed by atoms with E-state index in [1.54, 1.807) is 4.80 Å². The lowest BCUT2D eigenvalue weighted by Crippen LogP contribution is -2.26.